The lowest BCUT2D eigenvalue weighted by Gasteiger charge is -2.18. The van der Waals surface area contributed by atoms with Crippen LogP contribution in [0, 0.1) is 0 Å². The molecule has 2 N–H and O–H groups in total. The first-order valence-corrected chi connectivity index (χ1v) is 7.13. The van der Waals surface area contributed by atoms with Crippen molar-refractivity contribution in [3.63, 3.8) is 0 Å². The van der Waals surface area contributed by atoms with Crippen LogP contribution >= 0.6 is 0 Å². The van der Waals surface area contributed by atoms with Crippen molar-refractivity contribution < 1.29 is 23.8 Å². The molecule has 0 aliphatic carbocycles. The molecule has 0 fully saturated rings. The van der Waals surface area contributed by atoms with Gasteiger partial charge >= 0.3 is 0 Å². The van der Waals surface area contributed by atoms with Gasteiger partial charge in [0, 0.05) is 12.1 Å². The summed E-state index contributed by atoms with van der Waals surface area (Å²) in [4.78, 5) is 12.1. The third-order valence-electron chi connectivity index (χ3n) is 3.38. The van der Waals surface area contributed by atoms with Gasteiger partial charge in [0.05, 0.1) is 6.26 Å². The van der Waals surface area contributed by atoms with Crippen molar-refractivity contribution >= 4 is 5.91 Å². The van der Waals surface area contributed by atoms with Gasteiger partial charge in [0.25, 0.3) is 5.91 Å². The van der Waals surface area contributed by atoms with Gasteiger partial charge in [-0.2, -0.15) is 0 Å². The van der Waals surface area contributed by atoms with Crippen LogP contribution in [0.2, 0.25) is 0 Å². The van der Waals surface area contributed by atoms with Gasteiger partial charge in [-0.1, -0.05) is 0 Å². The van der Waals surface area contributed by atoms with E-state index in [-0.39, 0.29) is 5.91 Å². The summed E-state index contributed by atoms with van der Waals surface area (Å²) >= 11 is 0. The van der Waals surface area contributed by atoms with Crippen LogP contribution in [0.15, 0.2) is 41.0 Å². The van der Waals surface area contributed by atoms with Crippen LogP contribution in [-0.2, 0) is 0 Å². The smallest absolute Gasteiger partial charge is 0.251 e. The van der Waals surface area contributed by atoms with Crippen LogP contribution in [-0.4, -0.2) is 30.8 Å². The van der Waals surface area contributed by atoms with Crippen LogP contribution in [0.25, 0.3) is 0 Å². The van der Waals surface area contributed by atoms with Crippen LogP contribution < -0.4 is 14.8 Å². The number of carbonyl (C=O) groups excluding carboxylic acids is 1. The summed E-state index contributed by atoms with van der Waals surface area (Å²) in [7, 11) is 0. The Kier molecular flexibility index (Phi) is 4.29. The molecule has 6 nitrogen and oxygen atoms in total. The molecule has 1 aromatic carbocycles. The average molecular weight is 303 g/mol. The van der Waals surface area contributed by atoms with Gasteiger partial charge in [-0.05, 0) is 36.8 Å². The first-order valence-electron chi connectivity index (χ1n) is 7.13. The minimum Gasteiger partial charge on any atom is -0.486 e. The zero-order valence-corrected chi connectivity index (χ0v) is 12.0. The minimum atomic E-state index is -0.726. The predicted octanol–water partition coefficient (Wildman–Crippen LogP) is 1.90. The van der Waals surface area contributed by atoms with E-state index < -0.39 is 6.10 Å². The van der Waals surface area contributed by atoms with Crippen LogP contribution in [0.5, 0.6) is 11.5 Å². The molecule has 116 valence electrons. The molecule has 1 aromatic heterocycles. The van der Waals surface area contributed by atoms with Crippen molar-refractivity contribution in [3.05, 3.63) is 47.9 Å². The Morgan fingerprint density at radius 3 is 2.82 bits per heavy atom. The van der Waals surface area contributed by atoms with Crippen molar-refractivity contribution in [3.8, 4) is 11.5 Å². The number of rotatable bonds is 5. The van der Waals surface area contributed by atoms with E-state index in [0.717, 1.165) is 0 Å². The van der Waals surface area contributed by atoms with E-state index in [4.69, 9.17) is 13.9 Å². The number of fused-ring (bicyclic) bond motifs is 1. The number of amides is 1. The highest BCUT2D eigenvalue weighted by Gasteiger charge is 2.15. The fraction of sp³-hybridized carbons (Fsp3) is 0.312. The molecule has 1 amide bonds. The summed E-state index contributed by atoms with van der Waals surface area (Å²) in [6.45, 7) is 1.34. The van der Waals surface area contributed by atoms with Crippen LogP contribution in [0.4, 0.5) is 0 Å². The molecule has 0 radical (unpaired) electrons. The highest BCUT2D eigenvalue weighted by Crippen LogP contribution is 2.30. The zero-order valence-electron chi connectivity index (χ0n) is 12.0. The number of aliphatic hydroxyl groups is 1. The van der Waals surface area contributed by atoms with Gasteiger partial charge in [-0.15, -0.1) is 0 Å². The number of carbonyl (C=O) groups is 1. The summed E-state index contributed by atoms with van der Waals surface area (Å²) in [6, 6.07) is 8.49. The van der Waals surface area contributed by atoms with Crippen LogP contribution in [0.3, 0.4) is 0 Å². The summed E-state index contributed by atoms with van der Waals surface area (Å²) in [5.41, 5.74) is 0.497. The topological polar surface area (TPSA) is 80.9 Å². The fourth-order valence-electron chi connectivity index (χ4n) is 2.23. The Bertz CT molecular complexity index is 638. The predicted molar refractivity (Wildman–Crippen MR) is 78.1 cm³/mol. The Morgan fingerprint density at radius 1 is 1.23 bits per heavy atom. The largest absolute Gasteiger partial charge is 0.486 e. The minimum absolute atomic E-state index is 0.219. The van der Waals surface area contributed by atoms with E-state index in [1.807, 2.05) is 0 Å². The molecule has 0 spiro atoms. The number of nitrogens with one attached hydrogen (secondary N) is 1. The second-order valence-electron chi connectivity index (χ2n) is 4.93. The highest BCUT2D eigenvalue weighted by molar-refractivity contribution is 5.94. The third kappa shape index (κ3) is 3.23. The molecule has 0 bridgehead atoms. The molecule has 3 rings (SSSR count). The molecule has 6 heteroatoms. The number of furan rings is 1. The SMILES string of the molecule is O=C(NCC[C@@H](O)c1ccco1)c1ccc2c(c1)OCCO2. The van der Waals surface area contributed by atoms with Gasteiger partial charge in [0.15, 0.2) is 11.5 Å². The Labute approximate surface area is 127 Å². The Hall–Kier alpha value is -2.47. The maximum atomic E-state index is 12.1. The second kappa shape index (κ2) is 6.53. The summed E-state index contributed by atoms with van der Waals surface area (Å²) in [5, 5.41) is 12.6. The number of aliphatic hydroxyl groups excluding tert-OH is 1. The monoisotopic (exact) mass is 303 g/mol. The van der Waals surface area contributed by atoms with Gasteiger partial charge < -0.3 is 24.3 Å². The van der Waals surface area contributed by atoms with E-state index in [9.17, 15) is 9.90 Å². The normalized spacial score (nSPS) is 14.4. The number of ether oxygens (including phenoxy) is 2. The van der Waals surface area contributed by atoms with Crippen molar-refractivity contribution in [2.24, 2.45) is 0 Å². The van der Waals surface area contributed by atoms with Crippen LogP contribution in [0.1, 0.15) is 28.6 Å². The van der Waals surface area contributed by atoms with Gasteiger partial charge in [0.2, 0.25) is 0 Å². The van der Waals surface area contributed by atoms with Crippen molar-refractivity contribution in [1.29, 1.82) is 0 Å². The molecular formula is C16H17NO5. The Morgan fingerprint density at radius 2 is 2.05 bits per heavy atom. The summed E-state index contributed by atoms with van der Waals surface area (Å²) in [5.74, 6) is 1.50. The van der Waals surface area contributed by atoms with Crippen molar-refractivity contribution in [2.75, 3.05) is 19.8 Å². The molecule has 1 aliphatic rings. The van der Waals surface area contributed by atoms with Gasteiger partial charge in [-0.3, -0.25) is 4.79 Å². The Balaban J connectivity index is 1.53. The first kappa shape index (κ1) is 14.5. The van der Waals surface area contributed by atoms with E-state index in [0.29, 0.717) is 49.0 Å². The lowest BCUT2D eigenvalue weighted by Crippen LogP contribution is -2.26. The molecule has 0 saturated heterocycles. The summed E-state index contributed by atoms with van der Waals surface area (Å²) in [6.07, 6.45) is 1.16. The third-order valence-corrected chi connectivity index (χ3v) is 3.38. The van der Waals surface area contributed by atoms with Crippen molar-refractivity contribution in [2.45, 2.75) is 12.5 Å². The van der Waals surface area contributed by atoms with E-state index in [1.165, 1.54) is 6.26 Å². The molecule has 2 aromatic rings. The lowest BCUT2D eigenvalue weighted by atomic mass is 10.1. The number of hydrogen-bond donors (Lipinski definition) is 2. The van der Waals surface area contributed by atoms with Gasteiger partial charge in [-0.25, -0.2) is 0 Å². The lowest BCUT2D eigenvalue weighted by molar-refractivity contribution is 0.0935. The average Bonchev–Trinajstić information content (AvgIpc) is 3.08. The molecule has 22 heavy (non-hydrogen) atoms. The van der Waals surface area contributed by atoms with Crippen molar-refractivity contribution in [1.82, 2.24) is 5.32 Å². The molecule has 2 heterocycles. The van der Waals surface area contributed by atoms with E-state index >= 15 is 0 Å². The molecule has 1 aliphatic heterocycles. The first-order chi connectivity index (χ1) is 10.7. The zero-order chi connectivity index (χ0) is 15.4. The maximum Gasteiger partial charge on any atom is 0.251 e. The second-order valence-corrected chi connectivity index (χ2v) is 4.93. The summed E-state index contributed by atoms with van der Waals surface area (Å²) < 4.78 is 16.0. The highest BCUT2D eigenvalue weighted by atomic mass is 16.6. The van der Waals surface area contributed by atoms with E-state index in [2.05, 4.69) is 5.32 Å². The number of benzene rings is 1. The van der Waals surface area contributed by atoms with Gasteiger partial charge in [0.1, 0.15) is 25.1 Å². The maximum absolute atomic E-state index is 12.1. The molecular weight excluding hydrogens is 286 g/mol. The standard InChI is InChI=1S/C16H17NO5/c18-12(13-2-1-7-20-13)5-6-17-16(19)11-3-4-14-15(10-11)22-9-8-21-14/h1-4,7,10,12,18H,5-6,8-9H2,(H,17,19)/t12-/m1/s1. The van der Waals surface area contributed by atoms with E-state index in [1.54, 1.807) is 30.3 Å². The molecule has 0 saturated carbocycles. The molecule has 1 atom stereocenters. The number of hydrogen-bond acceptors (Lipinski definition) is 5. The fourth-order valence-corrected chi connectivity index (χ4v) is 2.23. The quantitative estimate of drug-likeness (QED) is 0.882. The molecule has 0 unspecified atom stereocenters.